The number of urea groups is 1. The maximum absolute atomic E-state index is 11.9. The topological polar surface area (TPSA) is 120 Å². The van der Waals surface area contributed by atoms with Gasteiger partial charge in [-0.2, -0.15) is 10.6 Å². The zero-order chi connectivity index (χ0) is 22.9. The number of morpholine rings is 1. The van der Waals surface area contributed by atoms with E-state index in [1.165, 1.54) is 0 Å². The van der Waals surface area contributed by atoms with Crippen LogP contribution in [0.5, 0.6) is 0 Å². The van der Waals surface area contributed by atoms with Crippen LogP contribution in [0.2, 0.25) is 0 Å². The van der Waals surface area contributed by atoms with Crippen molar-refractivity contribution in [1.82, 2.24) is 15.3 Å². The van der Waals surface area contributed by atoms with Crippen LogP contribution in [0.4, 0.5) is 16.3 Å². The summed E-state index contributed by atoms with van der Waals surface area (Å²) < 4.78 is 26.8. The molecule has 0 aliphatic carbocycles. The maximum Gasteiger partial charge on any atom is 0.319 e. The molecule has 1 fully saturated rings. The number of benzene rings is 1. The highest BCUT2D eigenvalue weighted by atomic mass is 32.3. The molecule has 1 aromatic heterocycles. The predicted molar refractivity (Wildman–Crippen MR) is 127 cm³/mol. The van der Waals surface area contributed by atoms with E-state index in [4.69, 9.17) is 14.7 Å². The molecule has 0 spiro atoms. The third-order valence-electron chi connectivity index (χ3n) is 5.90. The predicted octanol–water partition coefficient (Wildman–Crippen LogP) is 4.23. The fraction of sp³-hybridized carbons (Fsp3) is 0.500. The largest absolute Gasteiger partial charge is 0.377 e. The molecule has 1 saturated heterocycles. The lowest BCUT2D eigenvalue weighted by molar-refractivity contribution is 0.0984. The van der Waals surface area contributed by atoms with Gasteiger partial charge in [0.1, 0.15) is 5.82 Å². The van der Waals surface area contributed by atoms with E-state index in [0.29, 0.717) is 43.5 Å². The summed E-state index contributed by atoms with van der Waals surface area (Å²) in [5.74, 6) is 1.43. The number of hydrogen-bond acceptors (Lipinski definition) is 7. The Labute approximate surface area is 189 Å². The Balaban J connectivity index is 1.67. The minimum Gasteiger partial charge on any atom is -0.377 e. The molecule has 0 radical (unpaired) electrons. The van der Waals surface area contributed by atoms with E-state index in [1.807, 2.05) is 38.1 Å². The minimum atomic E-state index is -2.80. The summed E-state index contributed by atoms with van der Waals surface area (Å²) >= 11 is 0. The minimum absolute atomic E-state index is 0.124. The molecule has 2 aliphatic heterocycles. The summed E-state index contributed by atoms with van der Waals surface area (Å²) in [6.07, 6.45) is 0.870. The van der Waals surface area contributed by atoms with Gasteiger partial charge in [-0.1, -0.05) is 6.92 Å². The van der Waals surface area contributed by atoms with Crippen LogP contribution >= 0.6 is 10.6 Å². The molecule has 10 heteroatoms. The van der Waals surface area contributed by atoms with Crippen LogP contribution in [0, 0.1) is 0 Å². The number of aromatic nitrogens is 2. The quantitative estimate of drug-likeness (QED) is 0.526. The first-order chi connectivity index (χ1) is 15.3. The Morgan fingerprint density at radius 2 is 2.00 bits per heavy atom. The lowest BCUT2D eigenvalue weighted by Crippen LogP contribution is -2.44. The number of nitrogens with one attached hydrogen (secondary N) is 2. The van der Waals surface area contributed by atoms with E-state index in [2.05, 4.69) is 22.5 Å². The fourth-order valence-corrected chi connectivity index (χ4v) is 5.54. The van der Waals surface area contributed by atoms with Gasteiger partial charge in [0.15, 0.2) is 5.82 Å². The molecular formula is C22H31N5O4S. The van der Waals surface area contributed by atoms with Crippen LogP contribution in [0.15, 0.2) is 24.3 Å². The number of carbonyl (C=O) groups excluding carboxylic acids is 1. The highest BCUT2D eigenvalue weighted by Crippen LogP contribution is 2.63. The van der Waals surface area contributed by atoms with Crippen LogP contribution < -0.4 is 15.5 Å². The zero-order valence-electron chi connectivity index (χ0n) is 18.7. The SMILES string of the molecule is CCCNC(=O)Nc1ccc(-c2nc3c(c(N4CCOCC4C)n2)C(C)S(O)(O)C3)cc1. The summed E-state index contributed by atoms with van der Waals surface area (Å²) in [4.78, 5) is 23.7. The molecule has 3 heterocycles. The van der Waals surface area contributed by atoms with Gasteiger partial charge in [0.2, 0.25) is 0 Å². The lowest BCUT2D eigenvalue weighted by Gasteiger charge is -2.37. The number of hydrogen-bond donors (Lipinski definition) is 4. The number of amides is 2. The zero-order valence-corrected chi connectivity index (χ0v) is 19.5. The van der Waals surface area contributed by atoms with Gasteiger partial charge in [-0.25, -0.2) is 14.8 Å². The van der Waals surface area contributed by atoms with E-state index < -0.39 is 15.8 Å². The summed E-state index contributed by atoms with van der Waals surface area (Å²) in [6, 6.07) is 7.23. The Hall–Kier alpha value is -2.40. The van der Waals surface area contributed by atoms with E-state index >= 15 is 0 Å². The van der Waals surface area contributed by atoms with Crippen LogP contribution in [0.25, 0.3) is 11.4 Å². The Bertz CT molecular complexity index is 985. The molecule has 2 atom stereocenters. The molecule has 174 valence electrons. The molecule has 2 aromatic rings. The second-order valence-corrected chi connectivity index (χ2v) is 10.7. The number of fused-ring (bicyclic) bond motifs is 1. The van der Waals surface area contributed by atoms with Gasteiger partial charge in [0, 0.05) is 29.9 Å². The molecule has 32 heavy (non-hydrogen) atoms. The summed E-state index contributed by atoms with van der Waals surface area (Å²) in [6.45, 7) is 8.41. The van der Waals surface area contributed by atoms with Crippen molar-refractivity contribution in [3.05, 3.63) is 35.5 Å². The molecule has 0 saturated carbocycles. The van der Waals surface area contributed by atoms with Crippen LogP contribution in [0.3, 0.4) is 0 Å². The van der Waals surface area contributed by atoms with Crippen molar-refractivity contribution in [3.63, 3.8) is 0 Å². The molecule has 1 aromatic carbocycles. The van der Waals surface area contributed by atoms with Gasteiger partial charge in [-0.15, -0.1) is 0 Å². The maximum atomic E-state index is 11.9. The third-order valence-corrected chi connectivity index (χ3v) is 7.97. The van der Waals surface area contributed by atoms with Gasteiger partial charge in [0.05, 0.1) is 36.0 Å². The highest BCUT2D eigenvalue weighted by Gasteiger charge is 2.40. The summed E-state index contributed by atoms with van der Waals surface area (Å²) in [7, 11) is -2.80. The molecule has 2 aliphatic rings. The molecule has 9 nitrogen and oxygen atoms in total. The van der Waals surface area contributed by atoms with Crippen LogP contribution in [-0.2, 0) is 10.5 Å². The van der Waals surface area contributed by atoms with E-state index in [-0.39, 0.29) is 17.8 Å². The third kappa shape index (κ3) is 4.54. The van der Waals surface area contributed by atoms with Crippen molar-refractivity contribution >= 4 is 28.1 Å². The van der Waals surface area contributed by atoms with Crippen molar-refractivity contribution in [2.45, 2.75) is 44.2 Å². The summed E-state index contributed by atoms with van der Waals surface area (Å²) in [5, 5.41) is 5.17. The average Bonchev–Trinajstić information content (AvgIpc) is 3.01. The Morgan fingerprint density at radius 1 is 1.25 bits per heavy atom. The van der Waals surface area contributed by atoms with Gasteiger partial charge >= 0.3 is 6.03 Å². The van der Waals surface area contributed by atoms with Gasteiger partial charge in [-0.3, -0.25) is 9.11 Å². The number of anilines is 2. The lowest BCUT2D eigenvalue weighted by atomic mass is 10.1. The second-order valence-electron chi connectivity index (χ2n) is 8.31. The first-order valence-corrected chi connectivity index (χ1v) is 12.7. The molecule has 2 unspecified atom stereocenters. The highest BCUT2D eigenvalue weighted by molar-refractivity contribution is 8.24. The molecular weight excluding hydrogens is 430 g/mol. The molecule has 4 rings (SSSR count). The van der Waals surface area contributed by atoms with Crippen molar-refractivity contribution in [1.29, 1.82) is 0 Å². The fourth-order valence-electron chi connectivity index (χ4n) is 4.05. The molecule has 4 N–H and O–H groups in total. The standard InChI is InChI=1S/C22H31N5O4S/c1-4-9-23-22(28)24-17-7-5-16(6-8-17)20-25-18-13-32(29,30)15(3)19(18)21(26-20)27-10-11-31-12-14(27)2/h5-8,14-15,29-30H,4,9-13H2,1-3H3,(H2,23,24,28). The first kappa shape index (κ1) is 22.8. The van der Waals surface area contributed by atoms with Crippen LogP contribution in [-0.4, -0.2) is 57.4 Å². The van der Waals surface area contributed by atoms with Gasteiger partial charge in [-0.05, 0) is 44.5 Å². The van der Waals surface area contributed by atoms with Crippen LogP contribution in [0.1, 0.15) is 43.7 Å². The Kier molecular flexibility index (Phi) is 6.57. The first-order valence-electron chi connectivity index (χ1n) is 11.0. The number of nitrogens with zero attached hydrogens (tertiary/aromatic N) is 3. The van der Waals surface area contributed by atoms with E-state index in [1.54, 1.807) is 0 Å². The van der Waals surface area contributed by atoms with E-state index in [9.17, 15) is 13.9 Å². The molecule has 0 bridgehead atoms. The number of rotatable bonds is 5. The average molecular weight is 462 g/mol. The van der Waals surface area contributed by atoms with Crippen molar-refractivity contribution < 1.29 is 18.6 Å². The van der Waals surface area contributed by atoms with E-state index in [0.717, 1.165) is 23.4 Å². The summed E-state index contributed by atoms with van der Waals surface area (Å²) in [5.41, 5.74) is 2.99. The van der Waals surface area contributed by atoms with Crippen molar-refractivity contribution in [3.8, 4) is 11.4 Å². The normalized spacial score (nSPS) is 22.8. The monoisotopic (exact) mass is 461 g/mol. The number of ether oxygens (including phenoxy) is 1. The smallest absolute Gasteiger partial charge is 0.319 e. The molecule has 2 amide bonds. The Morgan fingerprint density at radius 3 is 2.69 bits per heavy atom. The number of carbonyl (C=O) groups is 1. The van der Waals surface area contributed by atoms with Crippen molar-refractivity contribution in [2.24, 2.45) is 0 Å². The van der Waals surface area contributed by atoms with Gasteiger partial charge < -0.3 is 20.3 Å². The van der Waals surface area contributed by atoms with Crippen molar-refractivity contribution in [2.75, 3.05) is 36.5 Å². The second kappa shape index (κ2) is 9.22. The van der Waals surface area contributed by atoms with Gasteiger partial charge in [0.25, 0.3) is 0 Å².